The molecule has 0 atom stereocenters. The zero-order chi connectivity index (χ0) is 31.7. The van der Waals surface area contributed by atoms with E-state index in [2.05, 4.69) is 10.6 Å². The number of anilines is 4. The smallest absolute Gasteiger partial charge is 0.283 e. The van der Waals surface area contributed by atoms with Crippen LogP contribution in [0.4, 0.5) is 22.7 Å². The molecule has 14 heteroatoms. The number of hydrogen-bond acceptors (Lipinski definition) is 10. The van der Waals surface area contributed by atoms with Crippen LogP contribution in [0.1, 0.15) is 0 Å². The lowest BCUT2D eigenvalue weighted by molar-refractivity contribution is -0.122. The summed E-state index contributed by atoms with van der Waals surface area (Å²) in [6, 6.07) is 15.5. The molecule has 0 bridgehead atoms. The maximum atomic E-state index is 13.7. The lowest BCUT2D eigenvalue weighted by Gasteiger charge is -2.23. The quantitative estimate of drug-likeness (QED) is 0.303. The Kier molecular flexibility index (Phi) is 8.39. The SMILES string of the molecule is COc1ccc(OC)c(NC2=C(Cl)C(=O)N(c3ccccc3N3C(=O)C(Cl)=C(Nc4cc(OC)ccc4OC)C3=O)C2=O)c1. The molecule has 0 unspecified atom stereocenters. The van der Waals surface area contributed by atoms with E-state index in [1.807, 2.05) is 0 Å². The summed E-state index contributed by atoms with van der Waals surface area (Å²) in [5, 5.41) is 4.87. The topological polar surface area (TPSA) is 136 Å². The summed E-state index contributed by atoms with van der Waals surface area (Å²) < 4.78 is 21.2. The Labute approximate surface area is 261 Å². The van der Waals surface area contributed by atoms with Gasteiger partial charge in [-0.3, -0.25) is 19.2 Å². The Balaban J connectivity index is 1.48. The molecule has 0 saturated heterocycles. The lowest BCUT2D eigenvalue weighted by atomic mass is 10.2. The van der Waals surface area contributed by atoms with Crippen molar-refractivity contribution in [2.45, 2.75) is 0 Å². The molecule has 3 aromatic carbocycles. The number of ether oxygens (including phenoxy) is 4. The molecule has 5 rings (SSSR count). The van der Waals surface area contributed by atoms with E-state index in [1.54, 1.807) is 36.4 Å². The number of rotatable bonds is 10. The summed E-state index contributed by atoms with van der Waals surface area (Å²) in [6.07, 6.45) is 0. The van der Waals surface area contributed by atoms with Gasteiger partial charge in [-0.2, -0.15) is 0 Å². The minimum absolute atomic E-state index is 0.0820. The third kappa shape index (κ3) is 5.14. The minimum atomic E-state index is -0.883. The van der Waals surface area contributed by atoms with Gasteiger partial charge in [0.05, 0.1) is 51.2 Å². The Hall–Kier alpha value is -5.20. The van der Waals surface area contributed by atoms with Crippen LogP contribution in [0.5, 0.6) is 23.0 Å². The Morgan fingerprint density at radius 3 is 1.27 bits per heavy atom. The van der Waals surface area contributed by atoms with Crippen LogP contribution in [0.2, 0.25) is 0 Å². The van der Waals surface area contributed by atoms with Crippen molar-refractivity contribution < 1.29 is 38.1 Å². The fourth-order valence-electron chi connectivity index (χ4n) is 4.60. The number of carbonyl (C=O) groups is 4. The van der Waals surface area contributed by atoms with E-state index < -0.39 is 33.7 Å². The minimum Gasteiger partial charge on any atom is -0.497 e. The van der Waals surface area contributed by atoms with Crippen LogP contribution in [-0.4, -0.2) is 52.1 Å². The normalized spacial score (nSPS) is 15.0. The molecule has 44 heavy (non-hydrogen) atoms. The van der Waals surface area contributed by atoms with Crippen LogP contribution in [0.25, 0.3) is 0 Å². The Morgan fingerprint density at radius 1 is 0.545 bits per heavy atom. The standard InChI is InChI=1S/C30H24Cl2N4O8/c1-41-15-9-11-21(43-3)17(13-15)33-25-23(31)27(37)35(29(25)39)19-7-5-6-8-20(19)36-28(38)24(32)26(30(36)40)34-18-14-16(42-2)10-12-22(18)44-4/h5-14,33-34H,1-4H3. The van der Waals surface area contributed by atoms with Gasteiger partial charge in [0, 0.05) is 12.1 Å². The van der Waals surface area contributed by atoms with Gasteiger partial charge in [0.15, 0.2) is 0 Å². The number of hydrogen-bond donors (Lipinski definition) is 2. The number of imide groups is 2. The van der Waals surface area contributed by atoms with E-state index in [0.29, 0.717) is 34.4 Å². The molecule has 2 aliphatic heterocycles. The van der Waals surface area contributed by atoms with Crippen LogP contribution in [0.3, 0.4) is 0 Å². The average Bonchev–Trinajstić information content (AvgIpc) is 3.38. The van der Waals surface area contributed by atoms with E-state index >= 15 is 0 Å². The van der Waals surface area contributed by atoms with Crippen LogP contribution < -0.4 is 39.4 Å². The second-order valence-corrected chi connectivity index (χ2v) is 9.90. The predicted molar refractivity (Wildman–Crippen MR) is 164 cm³/mol. The third-order valence-electron chi connectivity index (χ3n) is 6.75. The molecule has 0 aromatic heterocycles. The van der Waals surface area contributed by atoms with Gasteiger partial charge in [0.2, 0.25) is 0 Å². The number of halogens is 2. The molecule has 2 N–H and O–H groups in total. The number of nitrogens with one attached hydrogen (secondary N) is 2. The molecule has 0 spiro atoms. The molecule has 4 amide bonds. The summed E-state index contributed by atoms with van der Waals surface area (Å²) in [5.74, 6) is -1.83. The second kappa shape index (κ2) is 12.2. The number of carbonyl (C=O) groups excluding carboxylic acids is 4. The van der Waals surface area contributed by atoms with Gasteiger partial charge in [-0.15, -0.1) is 0 Å². The van der Waals surface area contributed by atoms with Gasteiger partial charge in [0.1, 0.15) is 44.5 Å². The van der Waals surface area contributed by atoms with Gasteiger partial charge in [-0.05, 0) is 36.4 Å². The van der Waals surface area contributed by atoms with E-state index in [1.165, 1.54) is 52.7 Å². The first-order valence-electron chi connectivity index (χ1n) is 12.8. The predicted octanol–water partition coefficient (Wildman–Crippen LogP) is 4.59. The fraction of sp³-hybridized carbons (Fsp3) is 0.133. The van der Waals surface area contributed by atoms with Crippen LogP contribution in [0.15, 0.2) is 82.1 Å². The number of benzene rings is 3. The molecule has 2 heterocycles. The molecule has 0 radical (unpaired) electrons. The highest BCUT2D eigenvalue weighted by atomic mass is 35.5. The largest absolute Gasteiger partial charge is 0.497 e. The Morgan fingerprint density at radius 2 is 0.932 bits per heavy atom. The average molecular weight is 639 g/mol. The van der Waals surface area contributed by atoms with Gasteiger partial charge in [0.25, 0.3) is 23.6 Å². The Bertz CT molecular complexity index is 1660. The van der Waals surface area contributed by atoms with Crippen molar-refractivity contribution in [3.05, 3.63) is 82.1 Å². The molecular weight excluding hydrogens is 615 g/mol. The van der Waals surface area contributed by atoms with Crippen LogP contribution in [0, 0.1) is 0 Å². The van der Waals surface area contributed by atoms with Crippen molar-refractivity contribution in [3.8, 4) is 23.0 Å². The monoisotopic (exact) mass is 638 g/mol. The van der Waals surface area contributed by atoms with Crippen molar-refractivity contribution in [2.75, 3.05) is 48.9 Å². The number of amides is 4. The maximum absolute atomic E-state index is 13.7. The first-order valence-corrected chi connectivity index (χ1v) is 13.5. The van der Waals surface area contributed by atoms with E-state index in [-0.39, 0.29) is 22.8 Å². The van der Waals surface area contributed by atoms with E-state index in [4.69, 9.17) is 42.1 Å². The second-order valence-electron chi connectivity index (χ2n) is 9.14. The first kappa shape index (κ1) is 30.3. The first-order chi connectivity index (χ1) is 21.1. The maximum Gasteiger partial charge on any atom is 0.283 e. The molecule has 12 nitrogen and oxygen atoms in total. The molecule has 0 aliphatic carbocycles. The molecule has 0 fully saturated rings. The molecule has 2 aliphatic rings. The highest BCUT2D eigenvalue weighted by Gasteiger charge is 2.45. The van der Waals surface area contributed by atoms with Crippen LogP contribution in [-0.2, 0) is 19.2 Å². The summed E-state index contributed by atoms with van der Waals surface area (Å²) in [7, 11) is 5.81. The number of methoxy groups -OCH3 is 4. The van der Waals surface area contributed by atoms with Crippen molar-refractivity contribution >= 4 is 69.6 Å². The zero-order valence-electron chi connectivity index (χ0n) is 23.7. The van der Waals surface area contributed by atoms with Crippen molar-refractivity contribution in [2.24, 2.45) is 0 Å². The summed E-state index contributed by atoms with van der Waals surface area (Å²) >= 11 is 12.7. The fourth-order valence-corrected chi connectivity index (χ4v) is 5.02. The molecular formula is C30H24Cl2N4O8. The van der Waals surface area contributed by atoms with Gasteiger partial charge < -0.3 is 29.6 Å². The summed E-state index contributed by atoms with van der Waals surface area (Å²) in [4.78, 5) is 55.6. The van der Waals surface area contributed by atoms with E-state index in [9.17, 15) is 19.2 Å². The van der Waals surface area contributed by atoms with Crippen LogP contribution >= 0.6 is 23.2 Å². The highest BCUT2D eigenvalue weighted by molar-refractivity contribution is 6.55. The van der Waals surface area contributed by atoms with E-state index in [0.717, 1.165) is 9.80 Å². The van der Waals surface area contributed by atoms with Gasteiger partial charge in [-0.1, -0.05) is 35.3 Å². The van der Waals surface area contributed by atoms with Crippen molar-refractivity contribution in [1.82, 2.24) is 0 Å². The highest BCUT2D eigenvalue weighted by Crippen LogP contribution is 2.41. The zero-order valence-corrected chi connectivity index (χ0v) is 25.2. The molecule has 0 saturated carbocycles. The number of para-hydroxylation sites is 2. The molecule has 226 valence electrons. The third-order valence-corrected chi connectivity index (χ3v) is 7.45. The van der Waals surface area contributed by atoms with Gasteiger partial charge >= 0.3 is 0 Å². The molecule has 3 aromatic rings. The lowest BCUT2D eigenvalue weighted by Crippen LogP contribution is -2.37. The summed E-state index contributed by atoms with van der Waals surface area (Å²) in [5.41, 5.74) is -0.0500. The number of nitrogens with zero attached hydrogens (tertiary/aromatic N) is 2. The van der Waals surface area contributed by atoms with Crippen molar-refractivity contribution in [3.63, 3.8) is 0 Å². The summed E-state index contributed by atoms with van der Waals surface area (Å²) in [6.45, 7) is 0. The van der Waals surface area contributed by atoms with Crippen molar-refractivity contribution in [1.29, 1.82) is 0 Å². The van der Waals surface area contributed by atoms with Gasteiger partial charge in [-0.25, -0.2) is 9.80 Å².